The molecule has 0 bridgehead atoms. The van der Waals surface area contributed by atoms with Gasteiger partial charge in [-0.05, 0) is 56.4 Å². The van der Waals surface area contributed by atoms with Crippen LogP contribution in [0.2, 0.25) is 0 Å². The SMILES string of the molecule is C/C=C\CC/C=C/CC.CNc1cc(CO)ccc1C.O=Cc1ccc(-c2cc(C(F)(F)F)[nH]n2)cc1. The Labute approximate surface area is 217 Å². The first-order chi connectivity index (χ1) is 17.7. The van der Waals surface area contributed by atoms with E-state index in [0.717, 1.165) is 23.7 Å². The summed E-state index contributed by atoms with van der Waals surface area (Å²) >= 11 is 0. The molecule has 0 saturated heterocycles. The minimum absolute atomic E-state index is 0.106. The lowest BCUT2D eigenvalue weighted by atomic mass is 10.1. The van der Waals surface area contributed by atoms with Gasteiger partial charge >= 0.3 is 6.18 Å². The van der Waals surface area contributed by atoms with E-state index < -0.39 is 11.9 Å². The van der Waals surface area contributed by atoms with Crippen molar-refractivity contribution in [3.05, 3.63) is 95.2 Å². The summed E-state index contributed by atoms with van der Waals surface area (Å²) in [6.45, 7) is 6.36. The van der Waals surface area contributed by atoms with Crippen molar-refractivity contribution in [2.24, 2.45) is 0 Å². The predicted molar refractivity (Wildman–Crippen MR) is 145 cm³/mol. The van der Waals surface area contributed by atoms with Crippen LogP contribution in [0.3, 0.4) is 0 Å². The number of alkyl halides is 3. The Kier molecular flexibility index (Phi) is 14.3. The second-order valence-electron chi connectivity index (χ2n) is 7.99. The summed E-state index contributed by atoms with van der Waals surface area (Å²) < 4.78 is 37.0. The lowest BCUT2D eigenvalue weighted by Crippen LogP contribution is -2.04. The van der Waals surface area contributed by atoms with Crippen molar-refractivity contribution in [2.45, 2.75) is 52.8 Å². The molecule has 1 aromatic heterocycles. The minimum atomic E-state index is -4.44. The van der Waals surface area contributed by atoms with E-state index >= 15 is 0 Å². The molecule has 0 radical (unpaired) electrons. The van der Waals surface area contributed by atoms with Crippen molar-refractivity contribution in [3.63, 3.8) is 0 Å². The number of halogens is 3. The predicted octanol–water partition coefficient (Wildman–Crippen LogP) is 7.75. The smallest absolute Gasteiger partial charge is 0.392 e. The highest BCUT2D eigenvalue weighted by atomic mass is 19.4. The number of carbonyl (C=O) groups excluding carboxylic acids is 1. The third kappa shape index (κ3) is 11.8. The molecule has 37 heavy (non-hydrogen) atoms. The number of rotatable bonds is 8. The number of anilines is 1. The molecule has 0 aliphatic carbocycles. The number of hydrogen-bond acceptors (Lipinski definition) is 4. The van der Waals surface area contributed by atoms with Gasteiger partial charge in [0.2, 0.25) is 0 Å². The number of aryl methyl sites for hydroxylation is 1. The largest absolute Gasteiger partial charge is 0.432 e. The van der Waals surface area contributed by atoms with Crippen LogP contribution in [-0.2, 0) is 12.8 Å². The number of benzene rings is 2. The first-order valence-corrected chi connectivity index (χ1v) is 12.0. The summed E-state index contributed by atoms with van der Waals surface area (Å²) in [5, 5.41) is 17.4. The molecule has 0 aliphatic heterocycles. The van der Waals surface area contributed by atoms with E-state index in [1.54, 1.807) is 12.1 Å². The zero-order valence-corrected chi connectivity index (χ0v) is 21.8. The average molecular weight is 516 g/mol. The third-order valence-electron chi connectivity index (χ3n) is 5.12. The van der Waals surface area contributed by atoms with Gasteiger partial charge in [0.25, 0.3) is 0 Å². The van der Waals surface area contributed by atoms with Gasteiger partial charge in [-0.2, -0.15) is 18.3 Å². The second kappa shape index (κ2) is 16.9. The normalized spacial score (nSPS) is 11.0. The molecule has 3 rings (SSSR count). The fraction of sp³-hybridized carbons (Fsp3) is 0.310. The number of hydrogen-bond donors (Lipinski definition) is 3. The van der Waals surface area contributed by atoms with Gasteiger partial charge in [-0.25, -0.2) is 0 Å². The van der Waals surface area contributed by atoms with Crippen LogP contribution < -0.4 is 5.32 Å². The number of aromatic amines is 1. The fourth-order valence-corrected chi connectivity index (χ4v) is 3.03. The Hall–Kier alpha value is -3.65. The maximum absolute atomic E-state index is 12.3. The van der Waals surface area contributed by atoms with E-state index in [0.29, 0.717) is 17.4 Å². The number of aliphatic hydroxyl groups excluding tert-OH is 1. The standard InChI is InChI=1S/C11H7F3N2O.C9H13NO.C9H16/c12-11(13,14)10-5-9(15-16-10)8-3-1-7(6-17)2-4-8;1-7-3-4-8(6-11)5-9(7)10-2;1-3-5-7-9-8-6-4-2/h1-6H,(H,15,16);3-5,10-11H,6H2,1-2H3;3,5-6,8H,4,7,9H2,1-2H3/b;;5-3-,8-6+. The van der Waals surface area contributed by atoms with Crippen molar-refractivity contribution in [3.8, 4) is 11.3 Å². The van der Waals surface area contributed by atoms with Gasteiger partial charge in [-0.3, -0.25) is 9.89 Å². The number of H-pyrrole nitrogens is 1. The quantitative estimate of drug-likeness (QED) is 0.163. The summed E-state index contributed by atoms with van der Waals surface area (Å²) in [4.78, 5) is 10.4. The number of nitrogens with one attached hydrogen (secondary N) is 2. The van der Waals surface area contributed by atoms with Crippen molar-refractivity contribution < 1.29 is 23.1 Å². The highest BCUT2D eigenvalue weighted by molar-refractivity contribution is 5.76. The van der Waals surface area contributed by atoms with Gasteiger partial charge in [0.15, 0.2) is 0 Å². The lowest BCUT2D eigenvalue weighted by molar-refractivity contribution is -0.141. The highest BCUT2D eigenvalue weighted by Crippen LogP contribution is 2.30. The van der Waals surface area contributed by atoms with Crippen molar-refractivity contribution in [1.82, 2.24) is 10.2 Å². The Balaban J connectivity index is 0.000000298. The Morgan fingerprint density at radius 3 is 2.22 bits per heavy atom. The highest BCUT2D eigenvalue weighted by Gasteiger charge is 2.33. The van der Waals surface area contributed by atoms with E-state index in [9.17, 15) is 18.0 Å². The van der Waals surface area contributed by atoms with Crippen LogP contribution in [0.15, 0.2) is 72.8 Å². The number of aromatic nitrogens is 2. The molecule has 3 N–H and O–H groups in total. The number of unbranched alkanes of at least 4 members (excludes halogenated alkanes) is 1. The molecule has 8 heteroatoms. The van der Waals surface area contributed by atoms with E-state index in [1.165, 1.54) is 30.5 Å². The fourth-order valence-electron chi connectivity index (χ4n) is 3.03. The van der Waals surface area contributed by atoms with Gasteiger partial charge in [0, 0.05) is 23.9 Å². The zero-order valence-electron chi connectivity index (χ0n) is 21.8. The van der Waals surface area contributed by atoms with Gasteiger partial charge in [0.1, 0.15) is 12.0 Å². The van der Waals surface area contributed by atoms with Crippen LogP contribution >= 0.6 is 0 Å². The van der Waals surface area contributed by atoms with Crippen molar-refractivity contribution in [1.29, 1.82) is 0 Å². The first-order valence-electron chi connectivity index (χ1n) is 12.0. The van der Waals surface area contributed by atoms with Crippen molar-refractivity contribution >= 4 is 12.0 Å². The maximum Gasteiger partial charge on any atom is 0.432 e. The van der Waals surface area contributed by atoms with Gasteiger partial charge < -0.3 is 10.4 Å². The van der Waals surface area contributed by atoms with E-state index in [2.05, 4.69) is 48.6 Å². The molecular weight excluding hydrogens is 479 g/mol. The molecule has 0 aliphatic rings. The molecule has 0 fully saturated rings. The molecule has 5 nitrogen and oxygen atoms in total. The second-order valence-corrected chi connectivity index (χ2v) is 7.99. The van der Waals surface area contributed by atoms with Crippen LogP contribution in [0.1, 0.15) is 60.3 Å². The molecule has 0 spiro atoms. The Morgan fingerprint density at radius 2 is 1.70 bits per heavy atom. The zero-order chi connectivity index (χ0) is 27.7. The third-order valence-corrected chi connectivity index (χ3v) is 5.12. The summed E-state index contributed by atoms with van der Waals surface area (Å²) in [7, 11) is 1.88. The van der Waals surface area contributed by atoms with E-state index in [-0.39, 0.29) is 12.3 Å². The summed E-state index contributed by atoms with van der Waals surface area (Å²) in [6.07, 6.45) is 8.51. The van der Waals surface area contributed by atoms with E-state index in [1.807, 2.05) is 37.3 Å². The Bertz CT molecular complexity index is 1120. The number of carbonyl (C=O) groups is 1. The molecule has 0 saturated carbocycles. The summed E-state index contributed by atoms with van der Waals surface area (Å²) in [5.41, 5.74) is 3.49. The molecule has 3 aromatic rings. The minimum Gasteiger partial charge on any atom is -0.392 e. The molecule has 1 heterocycles. The lowest BCUT2D eigenvalue weighted by Gasteiger charge is -2.05. The molecular formula is C29H36F3N3O2. The van der Waals surface area contributed by atoms with E-state index in [4.69, 9.17) is 5.11 Å². The van der Waals surface area contributed by atoms with Crippen LogP contribution in [-0.4, -0.2) is 28.6 Å². The summed E-state index contributed by atoms with van der Waals surface area (Å²) in [6, 6.07) is 12.9. The molecule has 0 unspecified atom stereocenters. The average Bonchev–Trinajstić information content (AvgIpc) is 3.41. The summed E-state index contributed by atoms with van der Waals surface area (Å²) in [5.74, 6) is 0. The van der Waals surface area contributed by atoms with Crippen molar-refractivity contribution in [2.75, 3.05) is 12.4 Å². The molecule has 200 valence electrons. The van der Waals surface area contributed by atoms with Crippen LogP contribution in [0, 0.1) is 6.92 Å². The number of nitrogens with zero attached hydrogens (tertiary/aromatic N) is 1. The first kappa shape index (κ1) is 31.4. The van der Waals surface area contributed by atoms with Crippen LogP contribution in [0.5, 0.6) is 0 Å². The molecule has 2 aromatic carbocycles. The molecule has 0 atom stereocenters. The van der Waals surface area contributed by atoms with Gasteiger partial charge in [-0.1, -0.05) is 67.6 Å². The van der Waals surface area contributed by atoms with Gasteiger partial charge in [-0.15, -0.1) is 0 Å². The maximum atomic E-state index is 12.3. The van der Waals surface area contributed by atoms with Crippen LogP contribution in [0.4, 0.5) is 18.9 Å². The number of aldehydes is 1. The van der Waals surface area contributed by atoms with Gasteiger partial charge in [0.05, 0.1) is 12.3 Å². The topological polar surface area (TPSA) is 78.0 Å². The Morgan fingerprint density at radius 1 is 1.03 bits per heavy atom. The number of aliphatic hydroxyl groups is 1. The molecule has 0 amide bonds. The number of allylic oxidation sites excluding steroid dienone is 4. The van der Waals surface area contributed by atoms with Crippen LogP contribution in [0.25, 0.3) is 11.3 Å². The monoisotopic (exact) mass is 515 g/mol.